The standard InChI is InChI=1S/C24H31FN4O.HI/c1-4-17(2)29-22(30)19-9-7-8-18(14-19)15-27-23(26-3)28-16-24(12-13-24)20-10-5-6-11-21(20)25;/h5-11,14,17H,4,12-13,15-16H2,1-3H3,(H,29,30)(H2,26,27,28);1H. The van der Waals surface area contributed by atoms with E-state index in [1.54, 1.807) is 13.1 Å². The molecule has 5 nitrogen and oxygen atoms in total. The predicted octanol–water partition coefficient (Wildman–Crippen LogP) is 4.37. The Bertz CT molecular complexity index is 914. The molecule has 2 aromatic carbocycles. The van der Waals surface area contributed by atoms with E-state index in [2.05, 4.69) is 20.9 Å². The summed E-state index contributed by atoms with van der Waals surface area (Å²) in [6, 6.07) is 14.7. The quantitative estimate of drug-likeness (QED) is 0.266. The predicted molar refractivity (Wildman–Crippen MR) is 135 cm³/mol. The number of carbonyl (C=O) groups excluding carboxylic acids is 1. The number of benzene rings is 2. The van der Waals surface area contributed by atoms with E-state index < -0.39 is 0 Å². The number of halogens is 2. The van der Waals surface area contributed by atoms with Gasteiger partial charge in [0.1, 0.15) is 5.82 Å². The summed E-state index contributed by atoms with van der Waals surface area (Å²) in [7, 11) is 1.72. The van der Waals surface area contributed by atoms with Crippen LogP contribution >= 0.6 is 24.0 Å². The monoisotopic (exact) mass is 538 g/mol. The number of aliphatic imine (C=N–C) groups is 1. The summed E-state index contributed by atoms with van der Waals surface area (Å²) in [6.07, 6.45) is 2.82. The molecule has 1 amide bonds. The minimum atomic E-state index is -0.156. The van der Waals surface area contributed by atoms with Gasteiger partial charge in [-0.3, -0.25) is 9.79 Å². The first-order valence-corrected chi connectivity index (χ1v) is 10.6. The number of hydrogen-bond acceptors (Lipinski definition) is 2. The normalized spacial score (nSPS) is 15.4. The van der Waals surface area contributed by atoms with Gasteiger partial charge in [-0.15, -0.1) is 24.0 Å². The Hall–Kier alpha value is -2.16. The van der Waals surface area contributed by atoms with Crippen LogP contribution in [0.15, 0.2) is 53.5 Å². The van der Waals surface area contributed by atoms with Gasteiger partial charge in [0.05, 0.1) is 0 Å². The van der Waals surface area contributed by atoms with E-state index >= 15 is 0 Å². The first-order chi connectivity index (χ1) is 14.5. The summed E-state index contributed by atoms with van der Waals surface area (Å²) in [5.41, 5.74) is 2.25. The molecule has 1 fully saturated rings. The van der Waals surface area contributed by atoms with Gasteiger partial charge in [0.25, 0.3) is 5.91 Å². The van der Waals surface area contributed by atoms with Crippen molar-refractivity contribution in [1.29, 1.82) is 0 Å². The second-order valence-electron chi connectivity index (χ2n) is 8.02. The number of carbonyl (C=O) groups is 1. The van der Waals surface area contributed by atoms with E-state index in [-0.39, 0.29) is 47.2 Å². The molecule has 0 spiro atoms. The van der Waals surface area contributed by atoms with Gasteiger partial charge in [-0.05, 0) is 55.5 Å². The van der Waals surface area contributed by atoms with Crippen LogP contribution in [0.5, 0.6) is 0 Å². The van der Waals surface area contributed by atoms with E-state index in [0.717, 1.165) is 30.4 Å². The van der Waals surface area contributed by atoms with Gasteiger partial charge in [0.2, 0.25) is 0 Å². The molecule has 31 heavy (non-hydrogen) atoms. The maximum Gasteiger partial charge on any atom is 0.251 e. The molecule has 1 aliphatic carbocycles. The molecule has 0 bridgehead atoms. The van der Waals surface area contributed by atoms with Crippen molar-refractivity contribution < 1.29 is 9.18 Å². The molecule has 168 valence electrons. The molecule has 0 aromatic heterocycles. The summed E-state index contributed by atoms with van der Waals surface area (Å²) in [5, 5.41) is 9.60. The van der Waals surface area contributed by atoms with Crippen LogP contribution in [-0.4, -0.2) is 31.5 Å². The molecule has 3 rings (SSSR count). The molecule has 3 N–H and O–H groups in total. The van der Waals surface area contributed by atoms with Gasteiger partial charge in [0.15, 0.2) is 5.96 Å². The number of guanidine groups is 1. The summed E-state index contributed by atoms with van der Waals surface area (Å²) in [5.74, 6) is 0.452. The largest absolute Gasteiger partial charge is 0.356 e. The van der Waals surface area contributed by atoms with Crippen molar-refractivity contribution in [1.82, 2.24) is 16.0 Å². The molecule has 0 saturated heterocycles. The number of nitrogens with one attached hydrogen (secondary N) is 3. The Morgan fingerprint density at radius 2 is 1.90 bits per heavy atom. The van der Waals surface area contributed by atoms with E-state index in [1.807, 2.05) is 50.2 Å². The highest BCUT2D eigenvalue weighted by atomic mass is 127. The van der Waals surface area contributed by atoms with Crippen LogP contribution in [0, 0.1) is 5.82 Å². The minimum absolute atomic E-state index is 0. The topological polar surface area (TPSA) is 65.5 Å². The molecule has 7 heteroatoms. The van der Waals surface area contributed by atoms with Crippen LogP contribution in [-0.2, 0) is 12.0 Å². The first kappa shape index (κ1) is 25.1. The van der Waals surface area contributed by atoms with E-state index in [0.29, 0.717) is 24.6 Å². The second-order valence-corrected chi connectivity index (χ2v) is 8.02. The highest BCUT2D eigenvalue weighted by Gasteiger charge is 2.45. The molecule has 0 aliphatic heterocycles. The van der Waals surface area contributed by atoms with Crippen molar-refractivity contribution in [2.24, 2.45) is 4.99 Å². The second kappa shape index (κ2) is 11.5. The van der Waals surface area contributed by atoms with E-state index in [4.69, 9.17) is 0 Å². The third-order valence-corrected chi connectivity index (χ3v) is 5.76. The average Bonchev–Trinajstić information content (AvgIpc) is 3.55. The van der Waals surface area contributed by atoms with Crippen LogP contribution in [0.4, 0.5) is 4.39 Å². The van der Waals surface area contributed by atoms with Crippen molar-refractivity contribution >= 4 is 35.8 Å². The lowest BCUT2D eigenvalue weighted by Crippen LogP contribution is -2.41. The smallest absolute Gasteiger partial charge is 0.251 e. The highest BCUT2D eigenvalue weighted by molar-refractivity contribution is 14.0. The van der Waals surface area contributed by atoms with Crippen LogP contribution in [0.25, 0.3) is 0 Å². The zero-order valence-electron chi connectivity index (χ0n) is 18.4. The Morgan fingerprint density at radius 1 is 1.16 bits per heavy atom. The van der Waals surface area contributed by atoms with Gasteiger partial charge >= 0.3 is 0 Å². The van der Waals surface area contributed by atoms with Crippen LogP contribution in [0.3, 0.4) is 0 Å². The zero-order valence-corrected chi connectivity index (χ0v) is 20.7. The average molecular weight is 538 g/mol. The zero-order chi connectivity index (χ0) is 21.6. The lowest BCUT2D eigenvalue weighted by molar-refractivity contribution is 0.0939. The Labute approximate surface area is 201 Å². The lowest BCUT2D eigenvalue weighted by Gasteiger charge is -2.19. The molecule has 1 saturated carbocycles. The molecule has 0 heterocycles. The first-order valence-electron chi connectivity index (χ1n) is 10.6. The van der Waals surface area contributed by atoms with Crippen LogP contribution in [0.1, 0.15) is 54.6 Å². The van der Waals surface area contributed by atoms with Gasteiger partial charge in [-0.2, -0.15) is 0 Å². The van der Waals surface area contributed by atoms with Gasteiger partial charge in [0, 0.05) is 37.2 Å². The fourth-order valence-corrected chi connectivity index (χ4v) is 3.47. The fraction of sp³-hybridized carbons (Fsp3) is 0.417. The van der Waals surface area contributed by atoms with Crippen molar-refractivity contribution in [3.8, 4) is 0 Å². The molecule has 2 aromatic rings. The molecule has 1 atom stereocenters. The van der Waals surface area contributed by atoms with E-state index in [1.165, 1.54) is 6.07 Å². The summed E-state index contributed by atoms with van der Waals surface area (Å²) < 4.78 is 14.2. The number of amides is 1. The van der Waals surface area contributed by atoms with Crippen LogP contribution < -0.4 is 16.0 Å². The third-order valence-electron chi connectivity index (χ3n) is 5.76. The van der Waals surface area contributed by atoms with Crippen molar-refractivity contribution in [3.05, 3.63) is 71.0 Å². The molecular formula is C24H32FIN4O. The molecule has 1 aliphatic rings. The minimum Gasteiger partial charge on any atom is -0.356 e. The summed E-state index contributed by atoms with van der Waals surface area (Å²) in [4.78, 5) is 16.6. The maximum atomic E-state index is 14.2. The number of nitrogens with zero attached hydrogens (tertiary/aromatic N) is 1. The molecule has 1 unspecified atom stereocenters. The van der Waals surface area contributed by atoms with Crippen LogP contribution in [0.2, 0.25) is 0 Å². The molecule has 0 radical (unpaired) electrons. The van der Waals surface area contributed by atoms with Crippen molar-refractivity contribution in [3.63, 3.8) is 0 Å². The number of rotatable bonds is 8. The third kappa shape index (κ3) is 6.66. The Morgan fingerprint density at radius 3 is 2.55 bits per heavy atom. The van der Waals surface area contributed by atoms with Gasteiger partial charge in [-0.1, -0.05) is 37.3 Å². The van der Waals surface area contributed by atoms with Crippen molar-refractivity contribution in [2.75, 3.05) is 13.6 Å². The summed E-state index contributed by atoms with van der Waals surface area (Å²) in [6.45, 7) is 5.20. The van der Waals surface area contributed by atoms with E-state index in [9.17, 15) is 9.18 Å². The highest BCUT2D eigenvalue weighted by Crippen LogP contribution is 2.48. The Balaban J connectivity index is 0.00000341. The van der Waals surface area contributed by atoms with Crippen molar-refractivity contribution in [2.45, 2.75) is 51.1 Å². The summed E-state index contributed by atoms with van der Waals surface area (Å²) >= 11 is 0. The maximum absolute atomic E-state index is 14.2. The molecular weight excluding hydrogens is 506 g/mol. The number of hydrogen-bond donors (Lipinski definition) is 3. The lowest BCUT2D eigenvalue weighted by atomic mass is 9.95. The van der Waals surface area contributed by atoms with Gasteiger partial charge < -0.3 is 16.0 Å². The Kier molecular flexibility index (Phi) is 9.28. The fourth-order valence-electron chi connectivity index (χ4n) is 3.47. The SMILES string of the molecule is CCC(C)NC(=O)c1cccc(CNC(=NC)NCC2(c3ccccc3F)CC2)c1.I. The van der Waals surface area contributed by atoms with Gasteiger partial charge in [-0.25, -0.2) is 4.39 Å².